The number of piperidine rings is 2. The van der Waals surface area contributed by atoms with Gasteiger partial charge in [-0.2, -0.15) is 0 Å². The molecule has 0 saturated carbocycles. The second-order valence-corrected chi connectivity index (χ2v) is 8.13. The van der Waals surface area contributed by atoms with Crippen LogP contribution in [-0.2, 0) is 11.3 Å². The van der Waals surface area contributed by atoms with Crippen molar-refractivity contribution in [2.24, 2.45) is 17.8 Å². The summed E-state index contributed by atoms with van der Waals surface area (Å²) < 4.78 is 0. The van der Waals surface area contributed by atoms with Crippen LogP contribution in [-0.4, -0.2) is 53.2 Å². The fraction of sp³-hybridized carbons (Fsp3) is 0.650. The summed E-state index contributed by atoms with van der Waals surface area (Å²) in [5.74, 6) is 0.665. The van der Waals surface area contributed by atoms with E-state index in [2.05, 4.69) is 22.1 Å². The third kappa shape index (κ3) is 5.11. The lowest BCUT2D eigenvalue weighted by molar-refractivity contribution is -0.143. The number of anilines is 1. The number of carboxylic acids is 1. The van der Waals surface area contributed by atoms with Gasteiger partial charge < -0.3 is 20.2 Å². The van der Waals surface area contributed by atoms with Crippen molar-refractivity contribution in [2.45, 2.75) is 39.7 Å². The first-order valence-corrected chi connectivity index (χ1v) is 9.88. The van der Waals surface area contributed by atoms with Crippen molar-refractivity contribution in [3.8, 4) is 0 Å². The number of carbonyl (C=O) groups excluding carboxylic acids is 1. The highest BCUT2D eigenvalue weighted by Gasteiger charge is 2.31. The number of aliphatic carboxylic acids is 1. The monoisotopic (exact) mass is 374 g/mol. The molecule has 2 saturated heterocycles. The zero-order chi connectivity index (χ0) is 19.4. The largest absolute Gasteiger partial charge is 0.481 e. The maximum Gasteiger partial charge on any atom is 0.317 e. The molecule has 148 valence electrons. The van der Waals surface area contributed by atoms with E-state index in [0.717, 1.165) is 30.4 Å². The SMILES string of the molecule is CC1CCN(c2ccc(CNC(=O)N3CC(C)CC(C(=O)O)C3)cn2)CC1. The summed E-state index contributed by atoms with van der Waals surface area (Å²) in [5, 5.41) is 12.1. The van der Waals surface area contributed by atoms with Crippen molar-refractivity contribution in [2.75, 3.05) is 31.1 Å². The molecule has 27 heavy (non-hydrogen) atoms. The third-order valence-electron chi connectivity index (χ3n) is 5.66. The summed E-state index contributed by atoms with van der Waals surface area (Å²) in [6.45, 7) is 7.63. The van der Waals surface area contributed by atoms with Gasteiger partial charge in [-0.1, -0.05) is 19.9 Å². The van der Waals surface area contributed by atoms with Gasteiger partial charge in [-0.15, -0.1) is 0 Å². The number of urea groups is 1. The van der Waals surface area contributed by atoms with E-state index in [0.29, 0.717) is 19.5 Å². The number of carbonyl (C=O) groups is 2. The fourth-order valence-electron chi connectivity index (χ4n) is 3.93. The highest BCUT2D eigenvalue weighted by atomic mass is 16.4. The van der Waals surface area contributed by atoms with Crippen LogP contribution in [0.3, 0.4) is 0 Å². The average molecular weight is 374 g/mol. The number of rotatable bonds is 4. The topological polar surface area (TPSA) is 85.8 Å². The highest BCUT2D eigenvalue weighted by molar-refractivity contribution is 5.76. The maximum atomic E-state index is 12.4. The van der Waals surface area contributed by atoms with Gasteiger partial charge in [0.05, 0.1) is 5.92 Å². The first-order valence-electron chi connectivity index (χ1n) is 9.88. The van der Waals surface area contributed by atoms with Gasteiger partial charge in [-0.05, 0) is 42.7 Å². The number of hydrogen-bond acceptors (Lipinski definition) is 4. The Morgan fingerprint density at radius 1 is 1.19 bits per heavy atom. The molecule has 1 aromatic rings. The van der Waals surface area contributed by atoms with Crippen LogP contribution < -0.4 is 10.2 Å². The first kappa shape index (κ1) is 19.5. The lowest BCUT2D eigenvalue weighted by Crippen LogP contribution is -2.49. The van der Waals surface area contributed by atoms with Gasteiger partial charge in [0.25, 0.3) is 0 Å². The summed E-state index contributed by atoms with van der Waals surface area (Å²) in [5.41, 5.74) is 0.942. The summed E-state index contributed by atoms with van der Waals surface area (Å²) in [6, 6.07) is 3.81. The Morgan fingerprint density at radius 2 is 1.93 bits per heavy atom. The maximum absolute atomic E-state index is 12.4. The van der Waals surface area contributed by atoms with Gasteiger partial charge in [0.15, 0.2) is 0 Å². The quantitative estimate of drug-likeness (QED) is 0.846. The predicted octanol–water partition coefficient (Wildman–Crippen LogP) is 2.57. The molecule has 0 aromatic carbocycles. The molecule has 3 heterocycles. The Morgan fingerprint density at radius 3 is 2.56 bits per heavy atom. The molecular weight excluding hydrogens is 344 g/mol. The van der Waals surface area contributed by atoms with E-state index in [4.69, 9.17) is 0 Å². The molecular formula is C20H30N4O3. The van der Waals surface area contributed by atoms with Crippen LogP contribution in [0.15, 0.2) is 18.3 Å². The molecule has 0 radical (unpaired) electrons. The Balaban J connectivity index is 1.50. The van der Waals surface area contributed by atoms with E-state index in [-0.39, 0.29) is 18.5 Å². The molecule has 2 aliphatic heterocycles. The van der Waals surface area contributed by atoms with Crippen LogP contribution in [0.4, 0.5) is 10.6 Å². The summed E-state index contributed by atoms with van der Waals surface area (Å²) in [6.07, 6.45) is 4.84. The molecule has 2 N–H and O–H groups in total. The number of aromatic nitrogens is 1. The van der Waals surface area contributed by atoms with Gasteiger partial charge in [-0.25, -0.2) is 9.78 Å². The molecule has 0 aliphatic carbocycles. The highest BCUT2D eigenvalue weighted by Crippen LogP contribution is 2.23. The number of nitrogens with zero attached hydrogens (tertiary/aromatic N) is 3. The second kappa shape index (κ2) is 8.59. The van der Waals surface area contributed by atoms with E-state index in [9.17, 15) is 14.7 Å². The van der Waals surface area contributed by atoms with Crippen LogP contribution in [0.1, 0.15) is 38.7 Å². The predicted molar refractivity (Wildman–Crippen MR) is 104 cm³/mol. The smallest absolute Gasteiger partial charge is 0.317 e. The van der Waals surface area contributed by atoms with Crippen LogP contribution in [0, 0.1) is 17.8 Å². The summed E-state index contributed by atoms with van der Waals surface area (Å²) >= 11 is 0. The van der Waals surface area contributed by atoms with Crippen molar-refractivity contribution in [1.82, 2.24) is 15.2 Å². The van der Waals surface area contributed by atoms with Gasteiger partial charge in [0.2, 0.25) is 0 Å². The van der Waals surface area contributed by atoms with Gasteiger partial charge in [0.1, 0.15) is 5.82 Å². The molecule has 2 aliphatic rings. The van der Waals surface area contributed by atoms with E-state index in [1.165, 1.54) is 12.8 Å². The van der Waals surface area contributed by atoms with E-state index >= 15 is 0 Å². The minimum atomic E-state index is -0.828. The molecule has 2 fully saturated rings. The van der Waals surface area contributed by atoms with Crippen molar-refractivity contribution in [3.05, 3.63) is 23.9 Å². The molecule has 2 unspecified atom stereocenters. The molecule has 2 atom stereocenters. The van der Waals surface area contributed by atoms with Crippen molar-refractivity contribution < 1.29 is 14.7 Å². The van der Waals surface area contributed by atoms with Crippen LogP contribution in [0.25, 0.3) is 0 Å². The Labute approximate surface area is 160 Å². The van der Waals surface area contributed by atoms with Crippen LogP contribution in [0.5, 0.6) is 0 Å². The van der Waals surface area contributed by atoms with E-state index < -0.39 is 11.9 Å². The molecule has 0 spiro atoms. The van der Waals surface area contributed by atoms with Gasteiger partial charge >= 0.3 is 12.0 Å². The zero-order valence-corrected chi connectivity index (χ0v) is 16.2. The normalized spacial score (nSPS) is 23.9. The number of pyridine rings is 1. The number of amides is 2. The molecule has 0 bridgehead atoms. The molecule has 2 amide bonds. The molecule has 1 aromatic heterocycles. The Bertz CT molecular complexity index is 656. The summed E-state index contributed by atoms with van der Waals surface area (Å²) in [4.78, 5) is 32.2. The fourth-order valence-corrected chi connectivity index (χ4v) is 3.93. The zero-order valence-electron chi connectivity index (χ0n) is 16.2. The van der Waals surface area contributed by atoms with Crippen molar-refractivity contribution in [1.29, 1.82) is 0 Å². The number of nitrogens with one attached hydrogen (secondary N) is 1. The van der Waals surface area contributed by atoms with Gasteiger partial charge in [0, 0.05) is 38.9 Å². The Kier molecular flexibility index (Phi) is 6.19. The minimum absolute atomic E-state index is 0.193. The standard InChI is InChI=1S/C20H30N4O3/c1-14-5-7-23(8-6-14)18-4-3-16(10-21-18)11-22-20(27)24-12-15(2)9-17(13-24)19(25)26/h3-4,10,14-15,17H,5-9,11-13H2,1-2H3,(H,22,27)(H,25,26). The Hall–Kier alpha value is -2.31. The lowest BCUT2D eigenvalue weighted by atomic mass is 9.91. The number of hydrogen-bond donors (Lipinski definition) is 2. The average Bonchev–Trinajstić information content (AvgIpc) is 2.66. The number of carboxylic acid groups (broad SMARTS) is 1. The molecule has 7 heteroatoms. The van der Waals surface area contributed by atoms with Gasteiger partial charge in [-0.3, -0.25) is 4.79 Å². The third-order valence-corrected chi connectivity index (χ3v) is 5.66. The second-order valence-electron chi connectivity index (χ2n) is 8.13. The van der Waals surface area contributed by atoms with Crippen molar-refractivity contribution >= 4 is 17.8 Å². The number of likely N-dealkylation sites (tertiary alicyclic amines) is 1. The van der Waals surface area contributed by atoms with E-state index in [1.807, 2.05) is 25.3 Å². The minimum Gasteiger partial charge on any atom is -0.481 e. The molecule has 7 nitrogen and oxygen atoms in total. The lowest BCUT2D eigenvalue weighted by Gasteiger charge is -2.34. The summed E-state index contributed by atoms with van der Waals surface area (Å²) in [7, 11) is 0. The first-order chi connectivity index (χ1) is 12.9. The van der Waals surface area contributed by atoms with Crippen LogP contribution >= 0.6 is 0 Å². The van der Waals surface area contributed by atoms with Crippen LogP contribution in [0.2, 0.25) is 0 Å². The van der Waals surface area contributed by atoms with Crippen molar-refractivity contribution in [3.63, 3.8) is 0 Å². The molecule has 3 rings (SSSR count). The van der Waals surface area contributed by atoms with E-state index in [1.54, 1.807) is 4.90 Å².